The summed E-state index contributed by atoms with van der Waals surface area (Å²) < 4.78 is 1.95. The fourth-order valence-electron chi connectivity index (χ4n) is 1.86. The van der Waals surface area contributed by atoms with Crippen LogP contribution in [0.4, 0.5) is 11.5 Å². The Labute approximate surface area is 112 Å². The van der Waals surface area contributed by atoms with E-state index in [1.54, 1.807) is 11.3 Å². The summed E-state index contributed by atoms with van der Waals surface area (Å²) in [4.78, 5) is 1.34. The van der Waals surface area contributed by atoms with Crippen molar-refractivity contribution in [3.8, 4) is 0 Å². The van der Waals surface area contributed by atoms with Gasteiger partial charge in [-0.15, -0.1) is 11.3 Å². The maximum atomic E-state index is 6.08. The van der Waals surface area contributed by atoms with Gasteiger partial charge in [-0.1, -0.05) is 0 Å². The Morgan fingerprint density at radius 1 is 1.44 bits per heavy atom. The van der Waals surface area contributed by atoms with Gasteiger partial charge >= 0.3 is 0 Å². The number of rotatable bonds is 4. The van der Waals surface area contributed by atoms with Gasteiger partial charge in [0, 0.05) is 10.9 Å². The van der Waals surface area contributed by atoms with Gasteiger partial charge in [0.05, 0.1) is 17.9 Å². The number of nitrogens with one attached hydrogen (secondary N) is 1. The fourth-order valence-corrected chi connectivity index (χ4v) is 2.71. The molecule has 0 spiro atoms. The Balaban J connectivity index is 2.21. The van der Waals surface area contributed by atoms with Crippen LogP contribution in [0, 0.1) is 13.8 Å². The number of nitrogen functional groups attached to an aromatic ring is 1. The van der Waals surface area contributed by atoms with E-state index < -0.39 is 0 Å². The van der Waals surface area contributed by atoms with Crippen LogP contribution in [0.2, 0.25) is 0 Å². The molecule has 0 bridgehead atoms. The van der Waals surface area contributed by atoms with Crippen molar-refractivity contribution in [3.63, 3.8) is 0 Å². The van der Waals surface area contributed by atoms with Crippen LogP contribution in [0.3, 0.4) is 0 Å². The molecule has 0 saturated carbocycles. The Morgan fingerprint density at radius 2 is 2.17 bits per heavy atom. The molecule has 0 radical (unpaired) electrons. The van der Waals surface area contributed by atoms with Gasteiger partial charge in [0.1, 0.15) is 5.82 Å². The molecule has 2 rings (SSSR count). The summed E-state index contributed by atoms with van der Waals surface area (Å²) in [6, 6.07) is 2.43. The minimum absolute atomic E-state index is 0.299. The molecule has 3 N–H and O–H groups in total. The summed E-state index contributed by atoms with van der Waals surface area (Å²) in [6.07, 6.45) is 0. The molecule has 0 fully saturated rings. The third-order valence-corrected chi connectivity index (χ3v) is 4.03. The number of hydrogen-bond acceptors (Lipinski definition) is 4. The van der Waals surface area contributed by atoms with E-state index in [4.69, 9.17) is 5.73 Å². The van der Waals surface area contributed by atoms with Crippen LogP contribution in [-0.4, -0.2) is 9.78 Å². The van der Waals surface area contributed by atoms with Crippen molar-refractivity contribution < 1.29 is 0 Å². The predicted molar refractivity (Wildman–Crippen MR) is 78.1 cm³/mol. The summed E-state index contributed by atoms with van der Waals surface area (Å²) in [5.41, 5.74) is 9.03. The van der Waals surface area contributed by atoms with E-state index in [-0.39, 0.29) is 0 Å². The molecule has 0 aliphatic rings. The monoisotopic (exact) mass is 264 g/mol. The largest absolute Gasteiger partial charge is 0.394 e. The average Bonchev–Trinajstić information content (AvgIpc) is 2.83. The quantitative estimate of drug-likeness (QED) is 0.890. The van der Waals surface area contributed by atoms with Crippen LogP contribution in [0.15, 0.2) is 11.4 Å². The lowest BCUT2D eigenvalue weighted by Crippen LogP contribution is -2.10. The molecule has 0 unspecified atom stereocenters. The number of aryl methyl sites for hydroxylation is 2. The first-order valence-corrected chi connectivity index (χ1v) is 7.00. The maximum absolute atomic E-state index is 6.08. The topological polar surface area (TPSA) is 55.9 Å². The van der Waals surface area contributed by atoms with Crippen molar-refractivity contribution in [2.45, 2.75) is 40.3 Å². The second kappa shape index (κ2) is 5.02. The Kier molecular flexibility index (Phi) is 3.61. The fraction of sp³-hybridized carbons (Fsp3) is 0.462. The molecule has 0 atom stereocenters. The predicted octanol–water partition coefficient (Wildman–Crippen LogP) is 3.34. The zero-order valence-electron chi connectivity index (χ0n) is 11.3. The van der Waals surface area contributed by atoms with Gasteiger partial charge in [-0.2, -0.15) is 5.10 Å². The number of thiophene rings is 1. The van der Waals surface area contributed by atoms with Crippen LogP contribution >= 0.6 is 11.3 Å². The van der Waals surface area contributed by atoms with Gasteiger partial charge < -0.3 is 11.1 Å². The van der Waals surface area contributed by atoms with Gasteiger partial charge in [0.2, 0.25) is 0 Å². The normalized spacial score (nSPS) is 11.2. The van der Waals surface area contributed by atoms with E-state index in [2.05, 4.69) is 42.6 Å². The van der Waals surface area contributed by atoms with Gasteiger partial charge in [-0.25, -0.2) is 4.68 Å². The summed E-state index contributed by atoms with van der Waals surface area (Å²) >= 11 is 1.76. The van der Waals surface area contributed by atoms with E-state index in [0.717, 1.165) is 23.7 Å². The molecule has 2 heterocycles. The van der Waals surface area contributed by atoms with E-state index in [9.17, 15) is 0 Å². The van der Waals surface area contributed by atoms with Gasteiger partial charge in [0.25, 0.3) is 0 Å². The first kappa shape index (κ1) is 13.0. The summed E-state index contributed by atoms with van der Waals surface area (Å²) in [5.74, 6) is 0.926. The Morgan fingerprint density at radius 3 is 2.72 bits per heavy atom. The highest BCUT2D eigenvalue weighted by atomic mass is 32.1. The molecule has 2 aromatic rings. The van der Waals surface area contributed by atoms with Crippen molar-refractivity contribution in [1.29, 1.82) is 0 Å². The van der Waals surface area contributed by atoms with Crippen LogP contribution in [0.25, 0.3) is 0 Å². The van der Waals surface area contributed by atoms with Crippen LogP contribution < -0.4 is 11.1 Å². The summed E-state index contributed by atoms with van der Waals surface area (Å²) in [7, 11) is 0. The molecule has 0 aliphatic heterocycles. The van der Waals surface area contributed by atoms with Crippen LogP contribution in [-0.2, 0) is 6.54 Å². The first-order valence-electron chi connectivity index (χ1n) is 6.12. The highest BCUT2D eigenvalue weighted by molar-refractivity contribution is 7.10. The second-order valence-electron chi connectivity index (χ2n) is 4.77. The molecule has 98 valence electrons. The van der Waals surface area contributed by atoms with E-state index in [1.165, 1.54) is 10.4 Å². The van der Waals surface area contributed by atoms with E-state index in [0.29, 0.717) is 6.04 Å². The maximum Gasteiger partial charge on any atom is 0.148 e. The molecule has 2 aromatic heterocycles. The SMILES string of the molecule is Cc1ccsc1CNc1c(N)c(C)nn1C(C)C. The lowest BCUT2D eigenvalue weighted by Gasteiger charge is -2.13. The van der Waals surface area contributed by atoms with Crippen molar-refractivity contribution in [2.75, 3.05) is 11.1 Å². The van der Waals surface area contributed by atoms with Crippen molar-refractivity contribution in [1.82, 2.24) is 9.78 Å². The molecule has 18 heavy (non-hydrogen) atoms. The van der Waals surface area contributed by atoms with E-state index >= 15 is 0 Å². The standard InChI is InChI=1S/C13H20N4S/c1-8(2)17-13(12(14)10(4)16-17)15-7-11-9(3)5-6-18-11/h5-6,8,15H,7,14H2,1-4H3. The number of nitrogens with zero attached hydrogens (tertiary/aromatic N) is 2. The molecule has 0 aromatic carbocycles. The lowest BCUT2D eigenvalue weighted by molar-refractivity contribution is 0.534. The number of hydrogen-bond donors (Lipinski definition) is 2. The Hall–Kier alpha value is -1.49. The lowest BCUT2D eigenvalue weighted by atomic mass is 10.3. The summed E-state index contributed by atoms with van der Waals surface area (Å²) in [5, 5.41) is 9.99. The van der Waals surface area contributed by atoms with Crippen LogP contribution in [0.5, 0.6) is 0 Å². The van der Waals surface area contributed by atoms with Crippen molar-refractivity contribution in [2.24, 2.45) is 0 Å². The zero-order valence-corrected chi connectivity index (χ0v) is 12.1. The number of aromatic nitrogens is 2. The van der Waals surface area contributed by atoms with Crippen LogP contribution in [0.1, 0.15) is 36.0 Å². The second-order valence-corrected chi connectivity index (χ2v) is 5.77. The van der Waals surface area contributed by atoms with Gasteiger partial charge in [-0.05, 0) is 44.7 Å². The summed E-state index contributed by atoms with van der Waals surface area (Å²) in [6.45, 7) is 9.07. The third-order valence-electron chi connectivity index (χ3n) is 3.01. The zero-order chi connectivity index (χ0) is 13.3. The minimum Gasteiger partial charge on any atom is -0.394 e. The highest BCUT2D eigenvalue weighted by Gasteiger charge is 2.14. The van der Waals surface area contributed by atoms with Crippen molar-refractivity contribution >= 4 is 22.8 Å². The molecular weight excluding hydrogens is 244 g/mol. The van der Waals surface area contributed by atoms with E-state index in [1.807, 2.05) is 11.6 Å². The number of anilines is 2. The average molecular weight is 264 g/mol. The smallest absolute Gasteiger partial charge is 0.148 e. The minimum atomic E-state index is 0.299. The Bertz CT molecular complexity index is 539. The molecule has 4 nitrogen and oxygen atoms in total. The van der Waals surface area contributed by atoms with Crippen molar-refractivity contribution in [3.05, 3.63) is 27.6 Å². The molecule has 0 aliphatic carbocycles. The third kappa shape index (κ3) is 2.36. The van der Waals surface area contributed by atoms with Gasteiger partial charge in [-0.3, -0.25) is 0 Å². The molecule has 0 saturated heterocycles. The molecule has 5 heteroatoms. The molecular formula is C13H20N4S. The molecule has 0 amide bonds. The van der Waals surface area contributed by atoms with Gasteiger partial charge in [0.15, 0.2) is 0 Å². The highest BCUT2D eigenvalue weighted by Crippen LogP contribution is 2.27. The first-order chi connectivity index (χ1) is 8.50. The number of nitrogens with two attached hydrogens (primary N) is 1.